The standard InChI is InChI=1S/C25H27N3O5/c1-4-15(2)17-7-10-21-20(13-17)27-23(33-21)16-5-8-18(9-6-16)26-22-19(25(31)32-3)14-28(11-12-29)24(22)30/h5-10,13,15,26,29H,4,11-12,14H2,1-3H3. The Morgan fingerprint density at radius 2 is 2.03 bits per heavy atom. The second kappa shape index (κ2) is 9.46. The molecule has 33 heavy (non-hydrogen) atoms. The van der Waals surface area contributed by atoms with Gasteiger partial charge in [0.25, 0.3) is 5.91 Å². The van der Waals surface area contributed by atoms with Crippen molar-refractivity contribution in [1.29, 1.82) is 0 Å². The Morgan fingerprint density at radius 3 is 2.70 bits per heavy atom. The van der Waals surface area contributed by atoms with Gasteiger partial charge in [0, 0.05) is 17.8 Å². The summed E-state index contributed by atoms with van der Waals surface area (Å²) in [5.74, 6) is 0.0322. The number of carbonyl (C=O) groups excluding carboxylic acids is 2. The van der Waals surface area contributed by atoms with Crippen molar-refractivity contribution in [2.75, 3.05) is 32.1 Å². The third-order valence-corrected chi connectivity index (χ3v) is 5.95. The van der Waals surface area contributed by atoms with Gasteiger partial charge in [-0.05, 0) is 54.3 Å². The number of methoxy groups -OCH3 is 1. The number of nitrogens with zero attached hydrogens (tertiary/aromatic N) is 2. The molecular formula is C25H27N3O5. The average Bonchev–Trinajstić information content (AvgIpc) is 3.40. The number of carbonyl (C=O) groups is 2. The smallest absolute Gasteiger partial charge is 0.337 e. The van der Waals surface area contributed by atoms with Crippen LogP contribution in [0.4, 0.5) is 5.69 Å². The fourth-order valence-electron chi connectivity index (χ4n) is 3.80. The number of hydrogen-bond acceptors (Lipinski definition) is 7. The molecule has 0 saturated heterocycles. The maximum absolute atomic E-state index is 12.7. The van der Waals surface area contributed by atoms with Crippen LogP contribution in [0, 0.1) is 0 Å². The van der Waals surface area contributed by atoms with Gasteiger partial charge < -0.3 is 24.5 Å². The van der Waals surface area contributed by atoms with E-state index < -0.39 is 5.97 Å². The molecule has 1 amide bonds. The fourth-order valence-corrected chi connectivity index (χ4v) is 3.80. The van der Waals surface area contributed by atoms with Gasteiger partial charge in [-0.2, -0.15) is 0 Å². The van der Waals surface area contributed by atoms with Crippen molar-refractivity contribution in [2.24, 2.45) is 0 Å². The molecule has 0 aliphatic carbocycles. The van der Waals surface area contributed by atoms with E-state index in [9.17, 15) is 14.7 Å². The molecule has 1 atom stereocenters. The first-order valence-electron chi connectivity index (χ1n) is 10.9. The molecule has 0 fully saturated rings. The molecule has 2 heterocycles. The lowest BCUT2D eigenvalue weighted by atomic mass is 9.98. The molecule has 172 valence electrons. The van der Waals surface area contributed by atoms with Crippen LogP contribution >= 0.6 is 0 Å². The van der Waals surface area contributed by atoms with E-state index in [4.69, 9.17) is 9.15 Å². The van der Waals surface area contributed by atoms with E-state index in [2.05, 4.69) is 36.3 Å². The Bertz CT molecular complexity index is 1210. The Labute approximate surface area is 191 Å². The molecule has 1 aliphatic heterocycles. The number of nitrogens with one attached hydrogen (secondary N) is 1. The van der Waals surface area contributed by atoms with Gasteiger partial charge in [-0.1, -0.05) is 19.9 Å². The lowest BCUT2D eigenvalue weighted by Crippen LogP contribution is -2.31. The number of ether oxygens (including phenoxy) is 1. The highest BCUT2D eigenvalue weighted by molar-refractivity contribution is 6.08. The van der Waals surface area contributed by atoms with Gasteiger partial charge in [0.15, 0.2) is 5.58 Å². The summed E-state index contributed by atoms with van der Waals surface area (Å²) in [5.41, 5.74) is 4.59. The van der Waals surface area contributed by atoms with Crippen molar-refractivity contribution < 1.29 is 23.8 Å². The van der Waals surface area contributed by atoms with Gasteiger partial charge in [-0.15, -0.1) is 0 Å². The first kappa shape index (κ1) is 22.5. The molecule has 2 aromatic carbocycles. The topological polar surface area (TPSA) is 105 Å². The molecular weight excluding hydrogens is 422 g/mol. The van der Waals surface area contributed by atoms with E-state index in [1.54, 1.807) is 12.1 Å². The molecule has 8 heteroatoms. The molecule has 0 spiro atoms. The van der Waals surface area contributed by atoms with E-state index in [1.165, 1.54) is 17.6 Å². The van der Waals surface area contributed by atoms with E-state index in [-0.39, 0.29) is 36.9 Å². The molecule has 2 N–H and O–H groups in total. The highest BCUT2D eigenvalue weighted by Gasteiger charge is 2.34. The highest BCUT2D eigenvalue weighted by Crippen LogP contribution is 2.29. The summed E-state index contributed by atoms with van der Waals surface area (Å²) < 4.78 is 10.7. The van der Waals surface area contributed by atoms with Crippen LogP contribution in [0.15, 0.2) is 58.2 Å². The van der Waals surface area contributed by atoms with Gasteiger partial charge in [0.2, 0.25) is 5.89 Å². The molecule has 0 saturated carbocycles. The normalized spacial score (nSPS) is 14.8. The number of benzene rings is 2. The monoisotopic (exact) mass is 449 g/mol. The lowest BCUT2D eigenvalue weighted by Gasteiger charge is -2.15. The zero-order valence-electron chi connectivity index (χ0n) is 18.9. The minimum absolute atomic E-state index is 0.0913. The van der Waals surface area contributed by atoms with Crippen molar-refractivity contribution in [3.63, 3.8) is 0 Å². The summed E-state index contributed by atoms with van der Waals surface area (Å²) >= 11 is 0. The SMILES string of the molecule is CCC(C)c1ccc2oc(-c3ccc(NC4=C(C(=O)OC)CN(CCO)C4=O)cc3)nc2c1. The van der Waals surface area contributed by atoms with Crippen LogP contribution in [-0.2, 0) is 14.3 Å². The van der Waals surface area contributed by atoms with Crippen molar-refractivity contribution in [3.8, 4) is 11.5 Å². The maximum atomic E-state index is 12.7. The Hall–Kier alpha value is -3.65. The lowest BCUT2D eigenvalue weighted by molar-refractivity contribution is -0.136. The number of β-amino-alcohol motifs (C(OH)–C–C–N with tert-alkyl or cyclic N) is 1. The van der Waals surface area contributed by atoms with E-state index in [0.717, 1.165) is 23.1 Å². The van der Waals surface area contributed by atoms with Gasteiger partial charge in [0.05, 0.1) is 25.8 Å². The summed E-state index contributed by atoms with van der Waals surface area (Å²) in [6, 6.07) is 13.4. The maximum Gasteiger partial charge on any atom is 0.337 e. The van der Waals surface area contributed by atoms with Gasteiger partial charge in [-0.3, -0.25) is 4.79 Å². The third-order valence-electron chi connectivity index (χ3n) is 5.95. The number of hydrogen-bond donors (Lipinski definition) is 2. The highest BCUT2D eigenvalue weighted by atomic mass is 16.5. The first-order valence-corrected chi connectivity index (χ1v) is 10.9. The Balaban J connectivity index is 1.57. The number of rotatable bonds is 8. The van der Waals surface area contributed by atoms with Gasteiger partial charge in [-0.25, -0.2) is 9.78 Å². The molecule has 1 aromatic heterocycles. The zero-order chi connectivity index (χ0) is 23.5. The number of fused-ring (bicyclic) bond motifs is 1. The number of amides is 1. The minimum Gasteiger partial charge on any atom is -0.466 e. The van der Waals surface area contributed by atoms with Gasteiger partial charge in [0.1, 0.15) is 11.2 Å². The third kappa shape index (κ3) is 4.47. The van der Waals surface area contributed by atoms with Crippen molar-refractivity contribution >= 4 is 28.7 Å². The van der Waals surface area contributed by atoms with Crippen LogP contribution in [0.1, 0.15) is 31.7 Å². The number of oxazole rings is 1. The molecule has 0 radical (unpaired) electrons. The Morgan fingerprint density at radius 1 is 1.27 bits per heavy atom. The Kier molecular flexibility index (Phi) is 6.46. The second-order valence-corrected chi connectivity index (χ2v) is 8.05. The molecule has 1 aliphatic rings. The van der Waals surface area contributed by atoms with Crippen molar-refractivity contribution in [3.05, 3.63) is 59.3 Å². The van der Waals surface area contributed by atoms with Crippen LogP contribution < -0.4 is 5.32 Å². The van der Waals surface area contributed by atoms with Crippen LogP contribution in [0.2, 0.25) is 0 Å². The predicted molar refractivity (Wildman–Crippen MR) is 124 cm³/mol. The van der Waals surface area contributed by atoms with Crippen LogP contribution in [0.3, 0.4) is 0 Å². The van der Waals surface area contributed by atoms with Crippen molar-refractivity contribution in [2.45, 2.75) is 26.2 Å². The summed E-state index contributed by atoms with van der Waals surface area (Å²) in [4.78, 5) is 30.9. The van der Waals surface area contributed by atoms with Crippen molar-refractivity contribution in [1.82, 2.24) is 9.88 Å². The van der Waals surface area contributed by atoms with E-state index in [1.807, 2.05) is 18.2 Å². The average molecular weight is 450 g/mol. The summed E-state index contributed by atoms with van der Waals surface area (Å²) in [6.45, 7) is 4.39. The summed E-state index contributed by atoms with van der Waals surface area (Å²) in [7, 11) is 1.27. The number of aromatic nitrogens is 1. The number of esters is 1. The largest absolute Gasteiger partial charge is 0.466 e. The van der Waals surface area contributed by atoms with E-state index >= 15 is 0 Å². The summed E-state index contributed by atoms with van der Waals surface area (Å²) in [5, 5.41) is 12.2. The fraction of sp³-hybridized carbons (Fsp3) is 0.320. The van der Waals surface area contributed by atoms with Crippen LogP contribution in [0.25, 0.3) is 22.6 Å². The predicted octanol–water partition coefficient (Wildman–Crippen LogP) is 3.68. The zero-order valence-corrected chi connectivity index (χ0v) is 18.9. The number of aliphatic hydroxyl groups excluding tert-OH is 1. The first-order chi connectivity index (χ1) is 15.9. The summed E-state index contributed by atoms with van der Waals surface area (Å²) in [6.07, 6.45) is 1.05. The van der Waals surface area contributed by atoms with Gasteiger partial charge >= 0.3 is 5.97 Å². The van der Waals surface area contributed by atoms with E-state index in [0.29, 0.717) is 17.5 Å². The minimum atomic E-state index is -0.578. The molecule has 8 nitrogen and oxygen atoms in total. The molecule has 1 unspecified atom stereocenters. The van der Waals surface area contributed by atoms with Crippen LogP contribution in [0.5, 0.6) is 0 Å². The number of anilines is 1. The molecule has 4 rings (SSSR count). The number of aliphatic hydroxyl groups is 1. The second-order valence-electron chi connectivity index (χ2n) is 8.05. The quantitative estimate of drug-likeness (QED) is 0.506. The van der Waals surface area contributed by atoms with Crippen LogP contribution in [-0.4, -0.2) is 53.7 Å². The molecule has 0 bridgehead atoms. The molecule has 3 aromatic rings.